The maximum atomic E-state index is 6.84. The van der Waals surface area contributed by atoms with E-state index in [1.807, 2.05) is 12.1 Å². The molecule has 228 valence electrons. The molecule has 49 heavy (non-hydrogen) atoms. The van der Waals surface area contributed by atoms with Gasteiger partial charge < -0.3 is 4.42 Å². The van der Waals surface area contributed by atoms with Crippen molar-refractivity contribution < 1.29 is 4.42 Å². The highest BCUT2D eigenvalue weighted by molar-refractivity contribution is 6.29. The van der Waals surface area contributed by atoms with Gasteiger partial charge in [0, 0.05) is 27.5 Å². The Morgan fingerprint density at radius 1 is 0.347 bits per heavy atom. The van der Waals surface area contributed by atoms with Crippen LogP contribution in [-0.4, -0.2) is 4.98 Å². The molecule has 2 nitrogen and oxygen atoms in total. The number of aromatic nitrogens is 1. The van der Waals surface area contributed by atoms with E-state index in [0.29, 0.717) is 0 Å². The van der Waals surface area contributed by atoms with E-state index in [1.54, 1.807) is 0 Å². The second-order valence-electron chi connectivity index (χ2n) is 12.7. The van der Waals surface area contributed by atoms with Crippen molar-refractivity contribution in [2.75, 3.05) is 0 Å². The van der Waals surface area contributed by atoms with Gasteiger partial charge in [-0.2, -0.15) is 0 Å². The Labute approximate surface area is 283 Å². The highest BCUT2D eigenvalue weighted by atomic mass is 16.3. The Morgan fingerprint density at radius 2 is 0.878 bits per heavy atom. The normalized spacial score (nSPS) is 11.7. The van der Waals surface area contributed by atoms with Crippen LogP contribution in [0.4, 0.5) is 0 Å². The minimum absolute atomic E-state index is 0.908. The first-order valence-corrected chi connectivity index (χ1v) is 16.7. The molecule has 0 aliphatic rings. The lowest BCUT2D eigenvalue weighted by Gasteiger charge is -2.15. The monoisotopic (exact) mass is 623 g/mol. The zero-order valence-corrected chi connectivity index (χ0v) is 26.6. The number of hydrogen-bond acceptors (Lipinski definition) is 2. The predicted octanol–water partition coefficient (Wildman–Crippen LogP) is 13.1. The number of hydrogen-bond donors (Lipinski definition) is 0. The van der Waals surface area contributed by atoms with E-state index in [4.69, 9.17) is 9.40 Å². The number of furan rings is 1. The third-order valence-electron chi connectivity index (χ3n) is 9.84. The smallest absolute Gasteiger partial charge is 0.143 e. The standard InChI is InChI=1S/C47H29NO/c1-3-14-31(15-4-1)42-28-34(29-43(48-42)32-16-5-2-6-17-32)35-24-25-40(39-22-12-11-21-38(35)39)41-27-33-18-8-10-20-37(33)46-45-36-19-9-7-13-30(36)23-26-44(45)49-47(41)46/h1-29H. The Bertz CT molecular complexity index is 2810. The lowest BCUT2D eigenvalue weighted by atomic mass is 9.89. The van der Waals surface area contributed by atoms with Crippen LogP contribution in [0, 0.1) is 0 Å². The molecule has 2 heteroatoms. The summed E-state index contributed by atoms with van der Waals surface area (Å²) in [7, 11) is 0. The number of nitrogens with zero attached hydrogens (tertiary/aromatic N) is 1. The predicted molar refractivity (Wildman–Crippen MR) is 206 cm³/mol. The molecular weight excluding hydrogens is 595 g/mol. The van der Waals surface area contributed by atoms with Gasteiger partial charge in [0.2, 0.25) is 0 Å². The van der Waals surface area contributed by atoms with Crippen molar-refractivity contribution in [1.82, 2.24) is 4.98 Å². The largest absolute Gasteiger partial charge is 0.455 e. The molecule has 0 spiro atoms. The average molecular weight is 624 g/mol. The molecule has 0 saturated carbocycles. The highest BCUT2D eigenvalue weighted by Crippen LogP contribution is 2.46. The number of fused-ring (bicyclic) bond motifs is 8. The van der Waals surface area contributed by atoms with Gasteiger partial charge in [-0.1, -0.05) is 152 Å². The van der Waals surface area contributed by atoms with E-state index in [1.165, 1.54) is 48.7 Å². The van der Waals surface area contributed by atoms with Crippen LogP contribution in [0.15, 0.2) is 180 Å². The molecule has 0 aliphatic heterocycles. The van der Waals surface area contributed by atoms with Crippen molar-refractivity contribution >= 4 is 54.3 Å². The molecular formula is C47H29NO. The molecule has 0 atom stereocenters. The summed E-state index contributed by atoms with van der Waals surface area (Å²) in [5.74, 6) is 0. The Hall–Kier alpha value is -6.51. The maximum absolute atomic E-state index is 6.84. The van der Waals surface area contributed by atoms with Crippen LogP contribution < -0.4 is 0 Å². The van der Waals surface area contributed by atoms with Crippen molar-refractivity contribution in [3.05, 3.63) is 176 Å². The van der Waals surface area contributed by atoms with E-state index in [9.17, 15) is 0 Å². The second kappa shape index (κ2) is 11.0. The second-order valence-corrected chi connectivity index (χ2v) is 12.7. The van der Waals surface area contributed by atoms with Gasteiger partial charge in [0.05, 0.1) is 11.4 Å². The minimum atomic E-state index is 0.908. The molecule has 2 aromatic heterocycles. The summed E-state index contributed by atoms with van der Waals surface area (Å²) >= 11 is 0. The number of rotatable bonds is 4. The quantitative estimate of drug-likeness (QED) is 0.195. The molecule has 0 unspecified atom stereocenters. The van der Waals surface area contributed by atoms with Gasteiger partial charge in [-0.3, -0.25) is 0 Å². The Morgan fingerprint density at radius 3 is 1.55 bits per heavy atom. The maximum Gasteiger partial charge on any atom is 0.143 e. The van der Waals surface area contributed by atoms with Crippen molar-refractivity contribution in [1.29, 1.82) is 0 Å². The third-order valence-corrected chi connectivity index (χ3v) is 9.84. The highest BCUT2D eigenvalue weighted by Gasteiger charge is 2.20. The fourth-order valence-corrected chi connectivity index (χ4v) is 7.57. The third kappa shape index (κ3) is 4.46. The van der Waals surface area contributed by atoms with Crippen LogP contribution in [-0.2, 0) is 0 Å². The summed E-state index contributed by atoms with van der Waals surface area (Å²) in [6.45, 7) is 0. The first-order valence-electron chi connectivity index (χ1n) is 16.7. The molecule has 0 aliphatic carbocycles. The van der Waals surface area contributed by atoms with Crippen LogP contribution in [0.5, 0.6) is 0 Å². The van der Waals surface area contributed by atoms with Gasteiger partial charge in [0.15, 0.2) is 0 Å². The SMILES string of the molecule is c1ccc(-c2cc(-c3ccc(-c4cc5ccccc5c5c4oc4ccc6ccccc6c45)c4ccccc34)cc(-c3ccccc3)n2)cc1. The van der Waals surface area contributed by atoms with E-state index < -0.39 is 0 Å². The molecule has 0 radical (unpaired) electrons. The zero-order chi connectivity index (χ0) is 32.3. The van der Waals surface area contributed by atoms with Crippen LogP contribution >= 0.6 is 0 Å². The van der Waals surface area contributed by atoms with Crippen LogP contribution in [0.2, 0.25) is 0 Å². The minimum Gasteiger partial charge on any atom is -0.455 e. The van der Waals surface area contributed by atoms with Crippen molar-refractivity contribution in [2.45, 2.75) is 0 Å². The molecule has 0 bridgehead atoms. The van der Waals surface area contributed by atoms with Crippen molar-refractivity contribution in [3.63, 3.8) is 0 Å². The number of pyridine rings is 1. The first-order chi connectivity index (χ1) is 24.3. The van der Waals surface area contributed by atoms with Gasteiger partial charge in [0.25, 0.3) is 0 Å². The molecule has 0 amide bonds. The average Bonchev–Trinajstić information content (AvgIpc) is 3.59. The van der Waals surface area contributed by atoms with Gasteiger partial charge in [0.1, 0.15) is 11.2 Å². The molecule has 0 saturated heterocycles. The van der Waals surface area contributed by atoms with Crippen molar-refractivity contribution in [3.8, 4) is 44.8 Å². The summed E-state index contributed by atoms with van der Waals surface area (Å²) in [5.41, 5.74) is 10.5. The lowest BCUT2D eigenvalue weighted by molar-refractivity contribution is 0.670. The molecule has 0 fully saturated rings. The van der Waals surface area contributed by atoms with E-state index >= 15 is 0 Å². The molecule has 2 heterocycles. The van der Waals surface area contributed by atoms with E-state index in [0.717, 1.165) is 50.4 Å². The molecule has 8 aromatic carbocycles. The zero-order valence-electron chi connectivity index (χ0n) is 26.6. The fraction of sp³-hybridized carbons (Fsp3) is 0. The topological polar surface area (TPSA) is 26.0 Å². The van der Waals surface area contributed by atoms with Gasteiger partial charge in [-0.05, 0) is 73.3 Å². The van der Waals surface area contributed by atoms with Gasteiger partial charge in [-0.25, -0.2) is 4.98 Å². The first kappa shape index (κ1) is 27.6. The summed E-state index contributed by atoms with van der Waals surface area (Å²) in [6, 6.07) is 62.5. The van der Waals surface area contributed by atoms with Crippen LogP contribution in [0.1, 0.15) is 0 Å². The molecule has 0 N–H and O–H groups in total. The number of benzene rings is 8. The summed E-state index contributed by atoms with van der Waals surface area (Å²) < 4.78 is 6.84. The summed E-state index contributed by atoms with van der Waals surface area (Å²) in [6.07, 6.45) is 0. The summed E-state index contributed by atoms with van der Waals surface area (Å²) in [5, 5.41) is 9.53. The van der Waals surface area contributed by atoms with Crippen LogP contribution in [0.25, 0.3) is 99.0 Å². The summed E-state index contributed by atoms with van der Waals surface area (Å²) in [4.78, 5) is 5.14. The molecule has 10 aromatic rings. The lowest BCUT2D eigenvalue weighted by Crippen LogP contribution is -1.92. The Balaban J connectivity index is 1.25. The Kier molecular flexibility index (Phi) is 6.22. The van der Waals surface area contributed by atoms with Gasteiger partial charge in [-0.15, -0.1) is 0 Å². The molecule has 10 rings (SSSR count). The van der Waals surface area contributed by atoms with Crippen molar-refractivity contribution in [2.24, 2.45) is 0 Å². The van der Waals surface area contributed by atoms with Crippen LogP contribution in [0.3, 0.4) is 0 Å². The van der Waals surface area contributed by atoms with E-state index in [-0.39, 0.29) is 0 Å². The van der Waals surface area contributed by atoms with Gasteiger partial charge >= 0.3 is 0 Å². The fourth-order valence-electron chi connectivity index (χ4n) is 7.57. The van der Waals surface area contributed by atoms with E-state index in [2.05, 4.69) is 164 Å².